The van der Waals surface area contributed by atoms with Gasteiger partial charge in [0.1, 0.15) is 0 Å². The van der Waals surface area contributed by atoms with E-state index in [1.807, 2.05) is 12.1 Å². The molecule has 0 fully saturated rings. The molecular formula is C22H18N2O5. The van der Waals surface area contributed by atoms with E-state index in [1.165, 1.54) is 12.1 Å². The fourth-order valence-corrected chi connectivity index (χ4v) is 3.93. The highest BCUT2D eigenvalue weighted by atomic mass is 16.6. The highest BCUT2D eigenvalue weighted by Gasteiger charge is 2.42. The highest BCUT2D eigenvalue weighted by molar-refractivity contribution is 6.23. The molecule has 0 spiro atoms. The SMILES string of the molecule is CCOC(=O)C1=C(C)NC2=C(C(=O)c3ccccc32)[C@H]1c1ccc([N+](=O)[O-])cc1. The molecule has 1 atom stereocenters. The summed E-state index contributed by atoms with van der Waals surface area (Å²) in [6.45, 7) is 3.68. The smallest absolute Gasteiger partial charge is 0.336 e. The first-order valence-corrected chi connectivity index (χ1v) is 9.21. The van der Waals surface area contributed by atoms with Gasteiger partial charge in [0.2, 0.25) is 0 Å². The number of nitrogens with zero attached hydrogens (tertiary/aromatic N) is 1. The zero-order chi connectivity index (χ0) is 20.7. The van der Waals surface area contributed by atoms with E-state index in [-0.39, 0.29) is 18.1 Å². The molecule has 2 aliphatic rings. The zero-order valence-electron chi connectivity index (χ0n) is 15.9. The van der Waals surface area contributed by atoms with Crippen molar-refractivity contribution in [1.29, 1.82) is 0 Å². The summed E-state index contributed by atoms with van der Waals surface area (Å²) in [5.41, 5.74) is 3.95. The Morgan fingerprint density at radius 2 is 1.79 bits per heavy atom. The Morgan fingerprint density at radius 3 is 2.41 bits per heavy atom. The van der Waals surface area contributed by atoms with Crippen molar-refractivity contribution in [3.8, 4) is 0 Å². The Labute approximate surface area is 166 Å². The van der Waals surface area contributed by atoms with E-state index in [2.05, 4.69) is 5.32 Å². The number of hydrogen-bond donors (Lipinski definition) is 1. The third-order valence-corrected chi connectivity index (χ3v) is 5.18. The van der Waals surface area contributed by atoms with Crippen molar-refractivity contribution in [2.75, 3.05) is 6.61 Å². The molecule has 2 aromatic rings. The number of non-ortho nitro benzene ring substituents is 1. The Hall–Kier alpha value is -3.74. The number of nitro benzene ring substituents is 1. The van der Waals surface area contributed by atoms with Crippen LogP contribution in [0, 0.1) is 10.1 Å². The van der Waals surface area contributed by atoms with Crippen molar-refractivity contribution in [3.63, 3.8) is 0 Å². The first-order chi connectivity index (χ1) is 13.9. The summed E-state index contributed by atoms with van der Waals surface area (Å²) in [5.74, 6) is -1.36. The monoisotopic (exact) mass is 390 g/mol. The summed E-state index contributed by atoms with van der Waals surface area (Å²) in [4.78, 5) is 36.6. The average Bonchev–Trinajstić information content (AvgIpc) is 2.99. The standard InChI is InChI=1S/C22H18N2O5/c1-3-29-22(26)17-12(2)23-20-15-6-4-5-7-16(15)21(25)19(20)18(17)13-8-10-14(11-9-13)24(27)28/h4-11,18,23H,3H2,1-2H3/t18-/m0/s1. The second-order valence-corrected chi connectivity index (χ2v) is 6.83. The molecule has 1 aliphatic heterocycles. The first-order valence-electron chi connectivity index (χ1n) is 9.21. The Morgan fingerprint density at radius 1 is 1.14 bits per heavy atom. The fraction of sp³-hybridized carbons (Fsp3) is 0.182. The Bertz CT molecular complexity index is 1110. The number of carbonyl (C=O) groups excluding carboxylic acids is 2. The van der Waals surface area contributed by atoms with Gasteiger partial charge in [-0.15, -0.1) is 0 Å². The van der Waals surface area contributed by atoms with E-state index in [4.69, 9.17) is 4.74 Å². The summed E-state index contributed by atoms with van der Waals surface area (Å²) in [6.07, 6.45) is 0. The fourth-order valence-electron chi connectivity index (χ4n) is 3.93. The van der Waals surface area contributed by atoms with E-state index in [9.17, 15) is 19.7 Å². The number of dihydropyridines is 1. The summed E-state index contributed by atoms with van der Waals surface area (Å²) in [7, 11) is 0. The Kier molecular flexibility index (Phi) is 4.50. The number of nitro groups is 1. The van der Waals surface area contributed by atoms with Crippen LogP contribution < -0.4 is 5.32 Å². The molecule has 0 bridgehead atoms. The van der Waals surface area contributed by atoms with Crippen LogP contribution in [0.1, 0.15) is 41.3 Å². The number of Topliss-reactive ketones (excluding diaryl/α,β-unsaturated/α-hetero) is 1. The van der Waals surface area contributed by atoms with E-state index in [0.717, 1.165) is 5.56 Å². The van der Waals surface area contributed by atoms with Gasteiger partial charge in [-0.05, 0) is 19.4 Å². The molecular weight excluding hydrogens is 372 g/mol. The largest absolute Gasteiger partial charge is 0.463 e. The predicted octanol–water partition coefficient (Wildman–Crippen LogP) is 3.73. The second-order valence-electron chi connectivity index (χ2n) is 6.83. The van der Waals surface area contributed by atoms with Gasteiger partial charge in [-0.2, -0.15) is 0 Å². The Balaban J connectivity index is 1.90. The molecule has 146 valence electrons. The molecule has 4 rings (SSSR count). The van der Waals surface area contributed by atoms with Gasteiger partial charge in [0, 0.05) is 40.4 Å². The molecule has 2 aromatic carbocycles. The number of ketones is 1. The van der Waals surface area contributed by atoms with Crippen molar-refractivity contribution in [3.05, 3.63) is 92.2 Å². The molecule has 0 amide bonds. The predicted molar refractivity (Wildman–Crippen MR) is 106 cm³/mol. The molecule has 1 heterocycles. The molecule has 0 unspecified atom stereocenters. The van der Waals surface area contributed by atoms with Gasteiger partial charge in [-0.1, -0.05) is 36.4 Å². The van der Waals surface area contributed by atoms with E-state index < -0.39 is 16.8 Å². The minimum atomic E-state index is -0.675. The molecule has 0 saturated heterocycles. The summed E-state index contributed by atoms with van der Waals surface area (Å²) < 4.78 is 5.25. The third kappa shape index (κ3) is 2.91. The van der Waals surface area contributed by atoms with Crippen LogP contribution in [0.25, 0.3) is 5.70 Å². The quantitative estimate of drug-likeness (QED) is 0.485. The number of hydrogen-bond acceptors (Lipinski definition) is 6. The van der Waals surface area contributed by atoms with E-state index in [1.54, 1.807) is 38.1 Å². The van der Waals surface area contributed by atoms with E-state index >= 15 is 0 Å². The third-order valence-electron chi connectivity index (χ3n) is 5.18. The van der Waals surface area contributed by atoms with Crippen LogP contribution in [0.4, 0.5) is 5.69 Å². The van der Waals surface area contributed by atoms with Crippen LogP contribution in [-0.2, 0) is 9.53 Å². The number of fused-ring (bicyclic) bond motifs is 2. The lowest BCUT2D eigenvalue weighted by Gasteiger charge is -2.29. The average molecular weight is 390 g/mol. The number of benzene rings is 2. The van der Waals surface area contributed by atoms with Crippen molar-refractivity contribution in [2.45, 2.75) is 19.8 Å². The highest BCUT2D eigenvalue weighted by Crippen LogP contribution is 2.46. The van der Waals surface area contributed by atoms with Crippen molar-refractivity contribution < 1.29 is 19.2 Å². The number of carbonyl (C=O) groups is 2. The van der Waals surface area contributed by atoms with Crippen molar-refractivity contribution >= 4 is 23.1 Å². The van der Waals surface area contributed by atoms with E-state index in [0.29, 0.717) is 33.7 Å². The maximum Gasteiger partial charge on any atom is 0.336 e. The summed E-state index contributed by atoms with van der Waals surface area (Å²) >= 11 is 0. The first kappa shape index (κ1) is 18.6. The molecule has 7 heteroatoms. The lowest BCUT2D eigenvalue weighted by atomic mass is 9.80. The van der Waals surface area contributed by atoms with Crippen LogP contribution >= 0.6 is 0 Å². The number of esters is 1. The lowest BCUT2D eigenvalue weighted by molar-refractivity contribution is -0.384. The van der Waals surface area contributed by atoms with Gasteiger partial charge in [-0.25, -0.2) is 4.79 Å². The number of ether oxygens (including phenoxy) is 1. The zero-order valence-corrected chi connectivity index (χ0v) is 15.9. The maximum atomic E-state index is 13.2. The van der Waals surface area contributed by atoms with Crippen LogP contribution in [-0.4, -0.2) is 23.3 Å². The molecule has 0 saturated carbocycles. The number of rotatable bonds is 4. The second kappa shape index (κ2) is 7.01. The number of allylic oxidation sites excluding steroid dienone is 2. The minimum Gasteiger partial charge on any atom is -0.463 e. The molecule has 0 radical (unpaired) electrons. The van der Waals surface area contributed by atoms with Gasteiger partial charge in [0.25, 0.3) is 5.69 Å². The molecule has 29 heavy (non-hydrogen) atoms. The summed E-state index contributed by atoms with van der Waals surface area (Å²) in [5, 5.41) is 14.2. The van der Waals surface area contributed by atoms with Crippen LogP contribution in [0.3, 0.4) is 0 Å². The van der Waals surface area contributed by atoms with Crippen LogP contribution in [0.2, 0.25) is 0 Å². The molecule has 7 nitrogen and oxygen atoms in total. The van der Waals surface area contributed by atoms with Crippen LogP contribution in [0.5, 0.6) is 0 Å². The van der Waals surface area contributed by atoms with Gasteiger partial charge in [-0.3, -0.25) is 14.9 Å². The van der Waals surface area contributed by atoms with Gasteiger partial charge >= 0.3 is 5.97 Å². The van der Waals surface area contributed by atoms with Crippen molar-refractivity contribution in [1.82, 2.24) is 5.32 Å². The molecule has 0 aromatic heterocycles. The maximum absolute atomic E-state index is 13.2. The number of nitrogens with one attached hydrogen (secondary N) is 1. The minimum absolute atomic E-state index is 0.0590. The van der Waals surface area contributed by atoms with Gasteiger partial charge in [0.05, 0.1) is 22.8 Å². The van der Waals surface area contributed by atoms with Crippen LogP contribution in [0.15, 0.2) is 65.4 Å². The van der Waals surface area contributed by atoms with Gasteiger partial charge in [0.15, 0.2) is 5.78 Å². The van der Waals surface area contributed by atoms with Crippen molar-refractivity contribution in [2.24, 2.45) is 0 Å². The van der Waals surface area contributed by atoms with Gasteiger partial charge < -0.3 is 10.1 Å². The normalized spacial score (nSPS) is 17.6. The summed E-state index contributed by atoms with van der Waals surface area (Å²) in [6, 6.07) is 13.2. The lowest BCUT2D eigenvalue weighted by Crippen LogP contribution is -2.29. The molecule has 1 N–H and O–H groups in total. The molecule has 1 aliphatic carbocycles. The topological polar surface area (TPSA) is 98.5 Å².